The maximum Gasteiger partial charge on any atom is 0.416 e. The van der Waals surface area contributed by atoms with Gasteiger partial charge in [0.05, 0.1) is 19.8 Å². The molecular weight excluding hydrogens is 356 g/mol. The Balaban J connectivity index is 2.01. The number of carbonyl (C=O) groups is 1. The molecule has 0 aliphatic carbocycles. The molecule has 2 aromatic rings. The van der Waals surface area contributed by atoms with Crippen LogP contribution in [0, 0.1) is 5.82 Å². The van der Waals surface area contributed by atoms with E-state index in [4.69, 9.17) is 9.47 Å². The third-order valence-electron chi connectivity index (χ3n) is 3.43. The normalized spacial score (nSPS) is 11.0. The van der Waals surface area contributed by atoms with Crippen LogP contribution in [-0.4, -0.2) is 20.3 Å². The standard InChI is InChI=1S/C17H16F4N2O3/c1-25-13-6-12(7-14(8-13)26-2)23-16(24)22-9-10-3-4-11(5-15(10)18)17(19,20)21/h3-8H,9H2,1-2H3,(H2,22,23,24). The van der Waals surface area contributed by atoms with E-state index in [1.165, 1.54) is 14.2 Å². The van der Waals surface area contributed by atoms with Gasteiger partial charge in [-0.05, 0) is 12.1 Å². The smallest absolute Gasteiger partial charge is 0.416 e. The quantitative estimate of drug-likeness (QED) is 0.774. The molecule has 2 aromatic carbocycles. The van der Waals surface area contributed by atoms with Gasteiger partial charge in [0.15, 0.2) is 0 Å². The van der Waals surface area contributed by atoms with Crippen molar-refractivity contribution in [3.05, 3.63) is 53.3 Å². The number of anilines is 1. The number of nitrogens with one attached hydrogen (secondary N) is 2. The molecule has 0 aromatic heterocycles. The number of hydrogen-bond donors (Lipinski definition) is 2. The molecule has 0 spiro atoms. The number of ether oxygens (including phenoxy) is 2. The molecule has 0 atom stereocenters. The Labute approximate surface area is 146 Å². The van der Waals surface area contributed by atoms with Crippen molar-refractivity contribution in [1.29, 1.82) is 0 Å². The minimum atomic E-state index is -4.63. The molecule has 0 aliphatic heterocycles. The molecule has 0 fully saturated rings. The lowest BCUT2D eigenvalue weighted by Gasteiger charge is -2.12. The molecule has 0 bridgehead atoms. The van der Waals surface area contributed by atoms with Gasteiger partial charge < -0.3 is 20.1 Å². The molecule has 2 rings (SSSR count). The van der Waals surface area contributed by atoms with Gasteiger partial charge in [-0.25, -0.2) is 9.18 Å². The highest BCUT2D eigenvalue weighted by Gasteiger charge is 2.31. The van der Waals surface area contributed by atoms with Gasteiger partial charge in [-0.1, -0.05) is 6.07 Å². The van der Waals surface area contributed by atoms with E-state index >= 15 is 0 Å². The molecule has 2 N–H and O–H groups in total. The fourth-order valence-electron chi connectivity index (χ4n) is 2.10. The van der Waals surface area contributed by atoms with E-state index in [9.17, 15) is 22.4 Å². The number of hydrogen-bond acceptors (Lipinski definition) is 3. The first-order valence-electron chi connectivity index (χ1n) is 7.36. The minimum Gasteiger partial charge on any atom is -0.497 e. The van der Waals surface area contributed by atoms with Crippen molar-refractivity contribution in [3.63, 3.8) is 0 Å². The Morgan fingerprint density at radius 1 is 1.04 bits per heavy atom. The van der Waals surface area contributed by atoms with Crippen molar-refractivity contribution in [2.45, 2.75) is 12.7 Å². The lowest BCUT2D eigenvalue weighted by atomic mass is 10.1. The van der Waals surface area contributed by atoms with E-state index < -0.39 is 23.6 Å². The second-order valence-electron chi connectivity index (χ2n) is 5.21. The summed E-state index contributed by atoms with van der Waals surface area (Å²) in [5, 5.41) is 4.87. The van der Waals surface area contributed by atoms with Gasteiger partial charge in [-0.2, -0.15) is 13.2 Å². The molecule has 140 valence electrons. The molecule has 0 radical (unpaired) electrons. The zero-order valence-corrected chi connectivity index (χ0v) is 13.9. The van der Waals surface area contributed by atoms with Gasteiger partial charge in [0.25, 0.3) is 0 Å². The zero-order chi connectivity index (χ0) is 19.3. The van der Waals surface area contributed by atoms with E-state index in [0.717, 1.165) is 12.1 Å². The number of rotatable bonds is 5. The van der Waals surface area contributed by atoms with Crippen LogP contribution in [-0.2, 0) is 12.7 Å². The van der Waals surface area contributed by atoms with Crippen molar-refractivity contribution in [2.24, 2.45) is 0 Å². The molecule has 2 amide bonds. The molecule has 0 unspecified atom stereocenters. The first kappa shape index (κ1) is 19.4. The lowest BCUT2D eigenvalue weighted by molar-refractivity contribution is -0.137. The van der Waals surface area contributed by atoms with Gasteiger partial charge in [0.1, 0.15) is 17.3 Å². The first-order chi connectivity index (χ1) is 12.2. The Bertz CT molecular complexity index is 772. The fourth-order valence-corrected chi connectivity index (χ4v) is 2.10. The predicted molar refractivity (Wildman–Crippen MR) is 86.8 cm³/mol. The summed E-state index contributed by atoms with van der Waals surface area (Å²) in [4.78, 5) is 11.9. The monoisotopic (exact) mass is 372 g/mol. The summed E-state index contributed by atoms with van der Waals surface area (Å²) in [5.41, 5.74) is -0.797. The van der Waals surface area contributed by atoms with Gasteiger partial charge in [-0.3, -0.25) is 0 Å². The van der Waals surface area contributed by atoms with Crippen molar-refractivity contribution in [2.75, 3.05) is 19.5 Å². The van der Waals surface area contributed by atoms with E-state index in [0.29, 0.717) is 23.3 Å². The number of urea groups is 1. The molecule has 0 saturated heterocycles. The summed E-state index contributed by atoms with van der Waals surface area (Å²) < 4.78 is 61.4. The largest absolute Gasteiger partial charge is 0.497 e. The van der Waals surface area contributed by atoms with E-state index in [1.807, 2.05) is 0 Å². The fraction of sp³-hybridized carbons (Fsp3) is 0.235. The van der Waals surface area contributed by atoms with Gasteiger partial charge in [0.2, 0.25) is 0 Å². The molecular formula is C17H16F4N2O3. The summed E-state index contributed by atoms with van der Waals surface area (Å²) in [5.74, 6) is -0.148. The summed E-state index contributed by atoms with van der Waals surface area (Å²) in [6, 6.07) is 6.15. The van der Waals surface area contributed by atoms with Crippen LogP contribution in [0.2, 0.25) is 0 Å². The Morgan fingerprint density at radius 3 is 2.15 bits per heavy atom. The molecule has 5 nitrogen and oxygen atoms in total. The van der Waals surface area contributed by atoms with E-state index in [1.54, 1.807) is 18.2 Å². The number of amides is 2. The third kappa shape index (κ3) is 5.01. The van der Waals surface area contributed by atoms with Crippen molar-refractivity contribution < 1.29 is 31.8 Å². The Morgan fingerprint density at radius 2 is 1.65 bits per heavy atom. The van der Waals surface area contributed by atoms with Crippen LogP contribution >= 0.6 is 0 Å². The summed E-state index contributed by atoms with van der Waals surface area (Å²) in [6.45, 7) is -0.281. The van der Waals surface area contributed by atoms with Crippen molar-refractivity contribution >= 4 is 11.7 Å². The highest BCUT2D eigenvalue weighted by molar-refractivity contribution is 5.89. The number of benzene rings is 2. The molecule has 0 heterocycles. The summed E-state index contributed by atoms with van der Waals surface area (Å²) in [6.07, 6.45) is -4.63. The van der Waals surface area contributed by atoms with Gasteiger partial charge in [-0.15, -0.1) is 0 Å². The van der Waals surface area contributed by atoms with Gasteiger partial charge >= 0.3 is 12.2 Å². The molecule has 0 aliphatic rings. The Kier molecular flexibility index (Phi) is 5.91. The van der Waals surface area contributed by atoms with Crippen molar-refractivity contribution in [1.82, 2.24) is 5.32 Å². The highest BCUT2D eigenvalue weighted by atomic mass is 19.4. The van der Waals surface area contributed by atoms with Crippen LogP contribution in [0.4, 0.5) is 28.0 Å². The van der Waals surface area contributed by atoms with Crippen molar-refractivity contribution in [3.8, 4) is 11.5 Å². The number of methoxy groups -OCH3 is 2. The van der Waals surface area contributed by atoms with Crippen LogP contribution < -0.4 is 20.1 Å². The maximum absolute atomic E-state index is 13.8. The average molecular weight is 372 g/mol. The molecule has 9 heteroatoms. The summed E-state index contributed by atoms with van der Waals surface area (Å²) >= 11 is 0. The Hall–Kier alpha value is -2.97. The van der Waals surface area contributed by atoms with Gasteiger partial charge in [0, 0.05) is 36.0 Å². The predicted octanol–water partition coefficient (Wildman–Crippen LogP) is 4.18. The minimum absolute atomic E-state index is 0.0728. The second kappa shape index (κ2) is 7.94. The average Bonchev–Trinajstić information content (AvgIpc) is 2.59. The van der Waals surface area contributed by atoms with Crippen LogP contribution in [0.1, 0.15) is 11.1 Å². The van der Waals surface area contributed by atoms with Crippen LogP contribution in [0.25, 0.3) is 0 Å². The summed E-state index contributed by atoms with van der Waals surface area (Å²) in [7, 11) is 2.90. The van der Waals surface area contributed by atoms with Crippen LogP contribution in [0.5, 0.6) is 11.5 Å². The third-order valence-corrected chi connectivity index (χ3v) is 3.43. The highest BCUT2D eigenvalue weighted by Crippen LogP contribution is 2.30. The van der Waals surface area contributed by atoms with E-state index in [-0.39, 0.29) is 12.1 Å². The number of carbonyl (C=O) groups excluding carboxylic acids is 1. The number of alkyl halides is 3. The topological polar surface area (TPSA) is 59.6 Å². The lowest BCUT2D eigenvalue weighted by Crippen LogP contribution is -2.28. The van der Waals surface area contributed by atoms with Crippen LogP contribution in [0.3, 0.4) is 0 Å². The van der Waals surface area contributed by atoms with E-state index in [2.05, 4.69) is 10.6 Å². The zero-order valence-electron chi connectivity index (χ0n) is 13.9. The maximum atomic E-state index is 13.8. The molecule has 26 heavy (non-hydrogen) atoms. The SMILES string of the molecule is COc1cc(NC(=O)NCc2ccc(C(F)(F)F)cc2F)cc(OC)c1. The molecule has 0 saturated carbocycles. The number of halogens is 4. The van der Waals surface area contributed by atoms with Crippen LogP contribution in [0.15, 0.2) is 36.4 Å². The first-order valence-corrected chi connectivity index (χ1v) is 7.36. The second-order valence-corrected chi connectivity index (χ2v) is 5.21.